The Morgan fingerprint density at radius 1 is 1.22 bits per heavy atom. The van der Waals surface area contributed by atoms with Crippen LogP contribution in [0.25, 0.3) is 0 Å². The van der Waals surface area contributed by atoms with Gasteiger partial charge < -0.3 is 15.7 Å². The summed E-state index contributed by atoms with van der Waals surface area (Å²) in [6, 6.07) is 0. The molecule has 0 aliphatic rings. The minimum Gasteiger partial charge on any atom is -0.476 e. The van der Waals surface area contributed by atoms with Crippen LogP contribution >= 0.6 is 11.3 Å². The molecule has 0 saturated carbocycles. The van der Waals surface area contributed by atoms with Gasteiger partial charge in [-0.25, -0.2) is 9.78 Å². The minimum absolute atomic E-state index is 0.0316. The first-order valence-electron chi connectivity index (χ1n) is 7.43. The predicted molar refractivity (Wildman–Crippen MR) is 87.5 cm³/mol. The van der Waals surface area contributed by atoms with Crippen molar-refractivity contribution >= 4 is 29.1 Å². The number of carbonyl (C=O) groups is 3. The van der Waals surface area contributed by atoms with Crippen molar-refractivity contribution in [3.8, 4) is 0 Å². The van der Waals surface area contributed by atoms with E-state index in [0.717, 1.165) is 0 Å². The molecule has 1 aromatic rings. The van der Waals surface area contributed by atoms with E-state index in [1.807, 2.05) is 20.8 Å². The van der Waals surface area contributed by atoms with Crippen LogP contribution in [0.3, 0.4) is 0 Å². The number of carboxylic acid groups (broad SMARTS) is 1. The van der Waals surface area contributed by atoms with Crippen LogP contribution in [0.2, 0.25) is 0 Å². The maximum atomic E-state index is 11.7. The first kappa shape index (κ1) is 19.1. The van der Waals surface area contributed by atoms with Gasteiger partial charge in [-0.05, 0) is 6.42 Å². The van der Waals surface area contributed by atoms with Gasteiger partial charge in [-0.2, -0.15) is 0 Å². The van der Waals surface area contributed by atoms with Crippen molar-refractivity contribution in [3.05, 3.63) is 16.1 Å². The maximum absolute atomic E-state index is 11.7. The van der Waals surface area contributed by atoms with Crippen molar-refractivity contribution in [2.24, 2.45) is 5.41 Å². The van der Waals surface area contributed by atoms with Gasteiger partial charge in [0.05, 0.1) is 5.01 Å². The van der Waals surface area contributed by atoms with Crippen molar-refractivity contribution in [3.63, 3.8) is 0 Å². The lowest BCUT2D eigenvalue weighted by Gasteiger charge is -2.17. The molecule has 2 amide bonds. The number of hydrogen-bond donors (Lipinski definition) is 3. The van der Waals surface area contributed by atoms with E-state index in [9.17, 15) is 14.4 Å². The second-order valence-corrected chi connectivity index (χ2v) is 7.08. The summed E-state index contributed by atoms with van der Waals surface area (Å²) >= 11 is 1.27. The van der Waals surface area contributed by atoms with E-state index in [0.29, 0.717) is 37.4 Å². The first-order valence-corrected chi connectivity index (χ1v) is 8.31. The van der Waals surface area contributed by atoms with Gasteiger partial charge in [0.15, 0.2) is 5.69 Å². The second-order valence-electron chi connectivity index (χ2n) is 6.14. The monoisotopic (exact) mass is 341 g/mol. The normalized spacial score (nSPS) is 11.1. The number of aromatic nitrogens is 1. The van der Waals surface area contributed by atoms with Gasteiger partial charge in [-0.1, -0.05) is 20.8 Å². The van der Waals surface area contributed by atoms with Crippen LogP contribution in [0, 0.1) is 5.41 Å². The molecule has 1 rings (SSSR count). The number of nitrogens with one attached hydrogen (secondary N) is 2. The van der Waals surface area contributed by atoms with E-state index < -0.39 is 11.4 Å². The second kappa shape index (κ2) is 8.61. The third-order valence-electron chi connectivity index (χ3n) is 2.98. The van der Waals surface area contributed by atoms with Crippen LogP contribution < -0.4 is 10.6 Å². The lowest BCUT2D eigenvalue weighted by Crippen LogP contribution is -2.35. The number of aromatic carboxylic acids is 1. The van der Waals surface area contributed by atoms with E-state index in [4.69, 9.17) is 5.11 Å². The number of thiazole rings is 1. The van der Waals surface area contributed by atoms with Gasteiger partial charge in [-0.15, -0.1) is 11.3 Å². The zero-order valence-electron chi connectivity index (χ0n) is 13.6. The third kappa shape index (κ3) is 7.23. The van der Waals surface area contributed by atoms with Gasteiger partial charge >= 0.3 is 5.97 Å². The highest BCUT2D eigenvalue weighted by Gasteiger charge is 2.20. The zero-order chi connectivity index (χ0) is 17.5. The summed E-state index contributed by atoms with van der Waals surface area (Å²) in [5, 5.41) is 16.5. The summed E-state index contributed by atoms with van der Waals surface area (Å²) in [6.45, 7) is 6.40. The van der Waals surface area contributed by atoms with Crippen LogP contribution in [-0.2, 0) is 16.0 Å². The molecule has 8 heteroatoms. The molecule has 0 atom stereocenters. The van der Waals surface area contributed by atoms with E-state index in [1.54, 1.807) is 0 Å². The Morgan fingerprint density at radius 2 is 1.91 bits per heavy atom. The molecule has 0 aliphatic carbocycles. The third-order valence-corrected chi connectivity index (χ3v) is 3.89. The van der Waals surface area contributed by atoms with Crippen LogP contribution in [0.15, 0.2) is 5.38 Å². The fraction of sp³-hybridized carbons (Fsp3) is 0.600. The molecule has 1 heterocycles. The summed E-state index contributed by atoms with van der Waals surface area (Å²) < 4.78 is 0. The average Bonchev–Trinajstić information content (AvgIpc) is 2.91. The molecular weight excluding hydrogens is 318 g/mol. The Morgan fingerprint density at radius 3 is 2.48 bits per heavy atom. The highest BCUT2D eigenvalue weighted by molar-refractivity contribution is 7.09. The van der Waals surface area contributed by atoms with Crippen LogP contribution in [0.5, 0.6) is 0 Å². The summed E-state index contributed by atoms with van der Waals surface area (Å²) in [4.78, 5) is 37.9. The minimum atomic E-state index is -1.05. The molecule has 0 fully saturated rings. The van der Waals surface area contributed by atoms with Gasteiger partial charge in [0, 0.05) is 36.7 Å². The largest absolute Gasteiger partial charge is 0.476 e. The van der Waals surface area contributed by atoms with Crippen molar-refractivity contribution in [1.29, 1.82) is 0 Å². The molecule has 0 radical (unpaired) electrons. The molecule has 1 aromatic heterocycles. The highest BCUT2D eigenvalue weighted by atomic mass is 32.1. The SMILES string of the molecule is CC(C)(C)C(=O)NCCCC(=O)NCCc1nc(C(=O)O)cs1. The standard InChI is InChI=1S/C15H23N3O4S/c1-15(2,3)14(22)17-7-4-5-11(19)16-8-6-12-18-10(9-23-12)13(20)21/h9H,4-8H2,1-3H3,(H,16,19)(H,17,22)(H,20,21). The van der Waals surface area contributed by atoms with Gasteiger partial charge in [-0.3, -0.25) is 9.59 Å². The molecule has 0 unspecified atom stereocenters. The van der Waals surface area contributed by atoms with E-state index >= 15 is 0 Å². The van der Waals surface area contributed by atoms with Crippen molar-refractivity contribution in [1.82, 2.24) is 15.6 Å². The van der Waals surface area contributed by atoms with Gasteiger partial charge in [0.1, 0.15) is 0 Å². The number of carboxylic acids is 1. The van der Waals surface area contributed by atoms with E-state index in [2.05, 4.69) is 15.6 Å². The Labute approximate surface area is 139 Å². The average molecular weight is 341 g/mol. The summed E-state index contributed by atoms with van der Waals surface area (Å²) in [5.41, 5.74) is -0.393. The Hall–Kier alpha value is -1.96. The Kier molecular flexibility index (Phi) is 7.15. The number of hydrogen-bond acceptors (Lipinski definition) is 5. The first-order chi connectivity index (χ1) is 10.7. The molecule has 128 valence electrons. The zero-order valence-corrected chi connectivity index (χ0v) is 14.5. The number of nitrogens with zero attached hydrogens (tertiary/aromatic N) is 1. The molecule has 23 heavy (non-hydrogen) atoms. The van der Waals surface area contributed by atoms with Crippen molar-refractivity contribution in [2.45, 2.75) is 40.0 Å². The lowest BCUT2D eigenvalue weighted by atomic mass is 9.96. The van der Waals surface area contributed by atoms with Crippen molar-refractivity contribution in [2.75, 3.05) is 13.1 Å². The van der Waals surface area contributed by atoms with Crippen LogP contribution in [0.1, 0.15) is 49.1 Å². The lowest BCUT2D eigenvalue weighted by molar-refractivity contribution is -0.128. The maximum Gasteiger partial charge on any atom is 0.355 e. The molecule has 0 spiro atoms. The predicted octanol–water partition coefficient (Wildman–Crippen LogP) is 1.44. The van der Waals surface area contributed by atoms with Gasteiger partial charge in [0.25, 0.3) is 0 Å². The number of amides is 2. The van der Waals surface area contributed by atoms with Crippen LogP contribution in [-0.4, -0.2) is 41.0 Å². The quantitative estimate of drug-likeness (QED) is 0.620. The molecular formula is C15H23N3O4S. The topological polar surface area (TPSA) is 108 Å². The van der Waals surface area contributed by atoms with E-state index in [1.165, 1.54) is 16.7 Å². The summed E-state index contributed by atoms with van der Waals surface area (Å²) in [6.07, 6.45) is 1.42. The fourth-order valence-electron chi connectivity index (χ4n) is 1.64. The highest BCUT2D eigenvalue weighted by Crippen LogP contribution is 2.12. The molecule has 0 bridgehead atoms. The molecule has 7 nitrogen and oxygen atoms in total. The molecule has 0 saturated heterocycles. The van der Waals surface area contributed by atoms with Gasteiger partial charge in [0.2, 0.25) is 11.8 Å². The van der Waals surface area contributed by atoms with Crippen molar-refractivity contribution < 1.29 is 19.5 Å². The van der Waals surface area contributed by atoms with Crippen LogP contribution in [0.4, 0.5) is 0 Å². The Balaban J connectivity index is 2.15. The fourth-order valence-corrected chi connectivity index (χ4v) is 2.41. The molecule has 0 aromatic carbocycles. The summed E-state index contributed by atoms with van der Waals surface area (Å²) in [5.74, 6) is -1.17. The van der Waals surface area contributed by atoms with E-state index in [-0.39, 0.29) is 17.5 Å². The smallest absolute Gasteiger partial charge is 0.355 e. The number of rotatable bonds is 8. The number of carbonyl (C=O) groups excluding carboxylic acids is 2. The molecule has 0 aliphatic heterocycles. The summed E-state index contributed by atoms with van der Waals surface area (Å²) in [7, 11) is 0. The molecule has 3 N–H and O–H groups in total. The Bertz CT molecular complexity index is 563.